The maximum absolute atomic E-state index is 4.70. The highest BCUT2D eigenvalue weighted by molar-refractivity contribution is 9.10. The summed E-state index contributed by atoms with van der Waals surface area (Å²) in [6.07, 6.45) is 6.15. The molecule has 0 saturated heterocycles. The van der Waals surface area contributed by atoms with Gasteiger partial charge in [-0.2, -0.15) is 5.10 Å². The summed E-state index contributed by atoms with van der Waals surface area (Å²) in [5.74, 6) is 0. The minimum Gasteiger partial charge on any atom is -0.317 e. The largest absolute Gasteiger partial charge is 0.317 e. The molecule has 0 bridgehead atoms. The molecule has 120 valence electrons. The molecule has 0 atom stereocenters. The Hall–Kier alpha value is -0.390. The fraction of sp³-hybridized carbons (Fsp3) is 0.812. The Morgan fingerprint density at radius 1 is 1.29 bits per heavy atom. The average molecular weight is 357 g/mol. The number of aromatic nitrogens is 2. The third-order valence-corrected chi connectivity index (χ3v) is 5.74. The first-order chi connectivity index (χ1) is 10.1. The van der Waals surface area contributed by atoms with Crippen molar-refractivity contribution in [2.75, 3.05) is 14.1 Å². The first-order valence-electron chi connectivity index (χ1n) is 8.22. The molecule has 1 fully saturated rings. The van der Waals surface area contributed by atoms with Crippen molar-refractivity contribution in [1.29, 1.82) is 0 Å². The molecule has 1 saturated carbocycles. The number of hydrogen-bond acceptors (Lipinski definition) is 3. The Kier molecular flexibility index (Phi) is 6.26. The highest BCUT2D eigenvalue weighted by Gasteiger charge is 2.25. The van der Waals surface area contributed by atoms with E-state index in [1.54, 1.807) is 0 Å². The standard InChI is InChI=1S/C16H29BrN4/c1-5-14-16(17)15(21(6-2)19-14)11-20(4)13-9-7-12(18-3)8-10-13/h12-13,18H,5-11H2,1-4H3. The molecule has 1 heterocycles. The zero-order valence-electron chi connectivity index (χ0n) is 13.8. The second-order valence-electron chi connectivity index (χ2n) is 6.09. The van der Waals surface area contributed by atoms with E-state index in [1.807, 2.05) is 0 Å². The van der Waals surface area contributed by atoms with Crippen molar-refractivity contribution in [3.05, 3.63) is 15.9 Å². The summed E-state index contributed by atoms with van der Waals surface area (Å²) < 4.78 is 3.36. The lowest BCUT2D eigenvalue weighted by molar-refractivity contribution is 0.166. The molecule has 1 N–H and O–H groups in total. The molecular weight excluding hydrogens is 328 g/mol. The lowest BCUT2D eigenvalue weighted by Crippen LogP contribution is -2.39. The van der Waals surface area contributed by atoms with E-state index in [0.29, 0.717) is 12.1 Å². The normalized spacial score (nSPS) is 23.0. The Morgan fingerprint density at radius 2 is 1.95 bits per heavy atom. The van der Waals surface area contributed by atoms with Gasteiger partial charge in [0.05, 0.1) is 15.9 Å². The summed E-state index contributed by atoms with van der Waals surface area (Å²) >= 11 is 3.76. The van der Waals surface area contributed by atoms with Crippen molar-refractivity contribution in [3.8, 4) is 0 Å². The van der Waals surface area contributed by atoms with Crippen LogP contribution in [0.2, 0.25) is 0 Å². The van der Waals surface area contributed by atoms with Crippen LogP contribution in [0.5, 0.6) is 0 Å². The number of rotatable bonds is 6. The van der Waals surface area contributed by atoms with Crippen molar-refractivity contribution < 1.29 is 0 Å². The van der Waals surface area contributed by atoms with Crippen molar-refractivity contribution in [2.24, 2.45) is 0 Å². The maximum atomic E-state index is 4.70. The molecule has 0 aromatic carbocycles. The van der Waals surface area contributed by atoms with Crippen LogP contribution in [0.1, 0.15) is 50.9 Å². The molecule has 1 aliphatic carbocycles. The predicted octanol–water partition coefficient (Wildman–Crippen LogP) is 3.19. The molecule has 5 heteroatoms. The van der Waals surface area contributed by atoms with E-state index in [0.717, 1.165) is 19.5 Å². The molecule has 0 radical (unpaired) electrons. The Labute approximate surface area is 137 Å². The fourth-order valence-corrected chi connectivity index (χ4v) is 4.03. The zero-order valence-corrected chi connectivity index (χ0v) is 15.4. The molecule has 1 aromatic rings. The minimum atomic E-state index is 0.701. The van der Waals surface area contributed by atoms with Gasteiger partial charge in [0, 0.05) is 25.2 Å². The van der Waals surface area contributed by atoms with Crippen LogP contribution in [0.15, 0.2) is 4.47 Å². The van der Waals surface area contributed by atoms with Gasteiger partial charge in [-0.05, 0) is 69.1 Å². The molecule has 1 aliphatic rings. The topological polar surface area (TPSA) is 33.1 Å². The van der Waals surface area contributed by atoms with Gasteiger partial charge >= 0.3 is 0 Å². The van der Waals surface area contributed by atoms with Crippen LogP contribution in [-0.2, 0) is 19.5 Å². The number of nitrogens with zero attached hydrogens (tertiary/aromatic N) is 3. The van der Waals surface area contributed by atoms with Gasteiger partial charge in [0.15, 0.2) is 0 Å². The highest BCUT2D eigenvalue weighted by Crippen LogP contribution is 2.27. The van der Waals surface area contributed by atoms with E-state index in [1.165, 1.54) is 41.5 Å². The van der Waals surface area contributed by atoms with E-state index in [9.17, 15) is 0 Å². The van der Waals surface area contributed by atoms with Gasteiger partial charge in [-0.1, -0.05) is 6.92 Å². The Morgan fingerprint density at radius 3 is 2.48 bits per heavy atom. The zero-order chi connectivity index (χ0) is 15.4. The smallest absolute Gasteiger partial charge is 0.0767 e. The van der Waals surface area contributed by atoms with Crippen molar-refractivity contribution >= 4 is 15.9 Å². The predicted molar refractivity (Wildman–Crippen MR) is 91.5 cm³/mol. The van der Waals surface area contributed by atoms with Crippen molar-refractivity contribution in [2.45, 2.75) is 71.1 Å². The van der Waals surface area contributed by atoms with Crippen LogP contribution >= 0.6 is 15.9 Å². The van der Waals surface area contributed by atoms with Gasteiger partial charge in [0.25, 0.3) is 0 Å². The molecule has 4 nitrogen and oxygen atoms in total. The van der Waals surface area contributed by atoms with Crippen LogP contribution in [0.25, 0.3) is 0 Å². The summed E-state index contributed by atoms with van der Waals surface area (Å²) in [7, 11) is 4.34. The fourth-order valence-electron chi connectivity index (χ4n) is 3.34. The minimum absolute atomic E-state index is 0.701. The van der Waals surface area contributed by atoms with Gasteiger partial charge in [-0.3, -0.25) is 9.58 Å². The molecule has 0 amide bonds. The molecule has 1 aromatic heterocycles. The molecular formula is C16H29BrN4. The first kappa shape index (κ1) is 17.0. The third kappa shape index (κ3) is 3.88. The van der Waals surface area contributed by atoms with Gasteiger partial charge in [-0.25, -0.2) is 0 Å². The summed E-state index contributed by atoms with van der Waals surface area (Å²) in [6.45, 7) is 6.25. The SMILES string of the molecule is CCc1nn(CC)c(CN(C)C2CCC(NC)CC2)c1Br. The van der Waals surface area contributed by atoms with Crippen LogP contribution in [-0.4, -0.2) is 40.9 Å². The number of halogens is 1. The average Bonchev–Trinajstić information content (AvgIpc) is 2.83. The highest BCUT2D eigenvalue weighted by atomic mass is 79.9. The number of hydrogen-bond donors (Lipinski definition) is 1. The second-order valence-corrected chi connectivity index (χ2v) is 6.88. The van der Waals surface area contributed by atoms with Crippen LogP contribution < -0.4 is 5.32 Å². The lowest BCUT2D eigenvalue weighted by atomic mass is 9.90. The Bertz CT molecular complexity index is 449. The van der Waals surface area contributed by atoms with Crippen molar-refractivity contribution in [1.82, 2.24) is 20.0 Å². The summed E-state index contributed by atoms with van der Waals surface area (Å²) in [4.78, 5) is 2.51. The van der Waals surface area contributed by atoms with Gasteiger partial charge in [-0.15, -0.1) is 0 Å². The summed E-state index contributed by atoms with van der Waals surface area (Å²) in [5, 5.41) is 8.11. The first-order valence-corrected chi connectivity index (χ1v) is 9.01. The van der Waals surface area contributed by atoms with Crippen molar-refractivity contribution in [3.63, 3.8) is 0 Å². The molecule has 2 rings (SSSR count). The van der Waals surface area contributed by atoms with Crippen LogP contribution in [0.3, 0.4) is 0 Å². The maximum Gasteiger partial charge on any atom is 0.0767 e. The molecule has 0 spiro atoms. The summed E-state index contributed by atoms with van der Waals surface area (Å²) in [5.41, 5.74) is 2.51. The van der Waals surface area contributed by atoms with E-state index in [-0.39, 0.29) is 0 Å². The van der Waals surface area contributed by atoms with Gasteiger partial charge in [0.2, 0.25) is 0 Å². The van der Waals surface area contributed by atoms with Crippen LogP contribution in [0, 0.1) is 0 Å². The van der Waals surface area contributed by atoms with E-state index in [2.05, 4.69) is 58.8 Å². The lowest BCUT2D eigenvalue weighted by Gasteiger charge is -2.34. The Balaban J connectivity index is 2.02. The number of aryl methyl sites for hydroxylation is 2. The third-order valence-electron chi connectivity index (χ3n) is 4.82. The van der Waals surface area contributed by atoms with E-state index in [4.69, 9.17) is 5.10 Å². The van der Waals surface area contributed by atoms with E-state index < -0.39 is 0 Å². The molecule has 21 heavy (non-hydrogen) atoms. The summed E-state index contributed by atoms with van der Waals surface area (Å²) in [6, 6.07) is 1.42. The monoisotopic (exact) mass is 356 g/mol. The number of nitrogens with one attached hydrogen (secondary N) is 1. The molecule has 0 unspecified atom stereocenters. The second kappa shape index (κ2) is 7.75. The molecule has 0 aliphatic heterocycles. The van der Waals surface area contributed by atoms with E-state index >= 15 is 0 Å². The van der Waals surface area contributed by atoms with Gasteiger partial charge in [0.1, 0.15) is 0 Å². The van der Waals surface area contributed by atoms with Crippen LogP contribution in [0.4, 0.5) is 0 Å². The van der Waals surface area contributed by atoms with Gasteiger partial charge < -0.3 is 5.32 Å². The quantitative estimate of drug-likeness (QED) is 0.849.